The molecule has 0 aliphatic rings. The molecule has 1 N–H and O–H groups in total. The lowest BCUT2D eigenvalue weighted by atomic mass is 10.2. The van der Waals surface area contributed by atoms with Crippen LogP contribution in [0.3, 0.4) is 0 Å². The van der Waals surface area contributed by atoms with E-state index in [4.69, 9.17) is 16.7 Å². The van der Waals surface area contributed by atoms with Crippen LogP contribution in [0.4, 0.5) is 5.69 Å². The summed E-state index contributed by atoms with van der Waals surface area (Å²) in [4.78, 5) is 24.2. The Morgan fingerprint density at radius 2 is 2.20 bits per heavy atom. The van der Waals surface area contributed by atoms with Gasteiger partial charge < -0.3 is 5.11 Å². The summed E-state index contributed by atoms with van der Waals surface area (Å²) in [6.07, 6.45) is 1.27. The largest absolute Gasteiger partial charge is 0.480 e. The second-order valence-corrected chi connectivity index (χ2v) is 4.30. The number of aromatic nitrogens is 4. The Morgan fingerprint density at radius 1 is 1.40 bits per heavy atom. The number of amides is 1. The number of carbonyl (C=O) groups excluding carboxylic acids is 1. The highest BCUT2D eigenvalue weighted by Crippen LogP contribution is 2.19. The lowest BCUT2D eigenvalue weighted by Gasteiger charge is -2.20. The maximum atomic E-state index is 12.2. The summed E-state index contributed by atoms with van der Waals surface area (Å²) in [6.45, 7) is -0.631. The van der Waals surface area contributed by atoms with Crippen molar-refractivity contribution >= 4 is 29.2 Å². The molecule has 1 aromatic carbocycles. The number of hydrogen-bond donors (Lipinski definition) is 1. The van der Waals surface area contributed by atoms with Crippen molar-refractivity contribution in [3.63, 3.8) is 0 Å². The first-order chi connectivity index (χ1) is 9.56. The van der Waals surface area contributed by atoms with E-state index >= 15 is 0 Å². The molecule has 2 rings (SSSR count). The molecule has 0 saturated carbocycles. The maximum absolute atomic E-state index is 12.2. The molecule has 8 nitrogen and oxygen atoms in total. The number of carboxylic acid groups (broad SMARTS) is 1. The van der Waals surface area contributed by atoms with E-state index in [0.717, 1.165) is 4.90 Å². The molecule has 0 unspecified atom stereocenters. The number of tetrazole rings is 1. The zero-order valence-electron chi connectivity index (χ0n) is 10.2. The summed E-state index contributed by atoms with van der Waals surface area (Å²) >= 11 is 5.85. The highest BCUT2D eigenvalue weighted by atomic mass is 35.5. The molecular formula is C11H10ClN5O3. The molecule has 2 aromatic rings. The van der Waals surface area contributed by atoms with Gasteiger partial charge in [0, 0.05) is 10.7 Å². The summed E-state index contributed by atoms with van der Waals surface area (Å²) in [5, 5.41) is 19.7. The zero-order valence-corrected chi connectivity index (χ0v) is 10.9. The molecule has 1 amide bonds. The van der Waals surface area contributed by atoms with Gasteiger partial charge in [-0.2, -0.15) is 0 Å². The molecule has 20 heavy (non-hydrogen) atoms. The van der Waals surface area contributed by atoms with Gasteiger partial charge in [0.05, 0.1) is 0 Å². The van der Waals surface area contributed by atoms with Gasteiger partial charge in [0.2, 0.25) is 5.91 Å². The summed E-state index contributed by atoms with van der Waals surface area (Å²) in [6, 6.07) is 6.39. The van der Waals surface area contributed by atoms with Crippen molar-refractivity contribution in [2.45, 2.75) is 6.54 Å². The van der Waals surface area contributed by atoms with Crippen LogP contribution in [0.15, 0.2) is 30.6 Å². The van der Waals surface area contributed by atoms with Gasteiger partial charge in [-0.1, -0.05) is 17.7 Å². The molecule has 0 bridgehead atoms. The summed E-state index contributed by atoms with van der Waals surface area (Å²) in [5.41, 5.74) is 0.401. The Balaban J connectivity index is 2.22. The number of rotatable bonds is 5. The highest BCUT2D eigenvalue weighted by molar-refractivity contribution is 6.30. The molecule has 1 aromatic heterocycles. The highest BCUT2D eigenvalue weighted by Gasteiger charge is 2.19. The number of nitrogens with zero attached hydrogens (tertiary/aromatic N) is 5. The Morgan fingerprint density at radius 3 is 2.80 bits per heavy atom. The van der Waals surface area contributed by atoms with Crippen LogP contribution in [0.25, 0.3) is 0 Å². The first kappa shape index (κ1) is 13.9. The third kappa shape index (κ3) is 3.51. The Kier molecular flexibility index (Phi) is 4.26. The van der Waals surface area contributed by atoms with Crippen molar-refractivity contribution < 1.29 is 14.7 Å². The van der Waals surface area contributed by atoms with Gasteiger partial charge in [-0.3, -0.25) is 14.5 Å². The van der Waals surface area contributed by atoms with Crippen LogP contribution in [-0.4, -0.2) is 43.7 Å². The van der Waals surface area contributed by atoms with Gasteiger partial charge >= 0.3 is 5.97 Å². The number of anilines is 1. The van der Waals surface area contributed by atoms with Crippen LogP contribution >= 0.6 is 11.6 Å². The molecule has 0 saturated heterocycles. The average Bonchev–Trinajstić information content (AvgIpc) is 2.88. The van der Waals surface area contributed by atoms with E-state index in [-0.39, 0.29) is 6.54 Å². The van der Waals surface area contributed by atoms with Crippen molar-refractivity contribution in [3.8, 4) is 0 Å². The lowest BCUT2D eigenvalue weighted by Crippen LogP contribution is -2.38. The smallest absolute Gasteiger partial charge is 0.323 e. The molecule has 9 heteroatoms. The van der Waals surface area contributed by atoms with E-state index in [2.05, 4.69) is 15.5 Å². The molecule has 0 fully saturated rings. The first-order valence-electron chi connectivity index (χ1n) is 5.55. The molecule has 0 radical (unpaired) electrons. The fourth-order valence-electron chi connectivity index (χ4n) is 1.58. The molecular weight excluding hydrogens is 286 g/mol. The van der Waals surface area contributed by atoms with E-state index < -0.39 is 18.4 Å². The number of benzene rings is 1. The predicted molar refractivity (Wildman–Crippen MR) is 69.3 cm³/mol. The third-order valence-electron chi connectivity index (χ3n) is 2.40. The fraction of sp³-hybridized carbons (Fsp3) is 0.182. The number of aliphatic carboxylic acids is 1. The standard InChI is InChI=1S/C11H10ClN5O3/c12-8-2-1-3-9(4-8)17(6-11(19)20)10(18)5-16-7-13-14-15-16/h1-4,7H,5-6H2,(H,19,20). The van der Waals surface area contributed by atoms with Gasteiger partial charge in [0.15, 0.2) is 0 Å². The molecule has 0 spiro atoms. The summed E-state index contributed by atoms with van der Waals surface area (Å²) in [7, 11) is 0. The Labute approximate surface area is 118 Å². The van der Waals surface area contributed by atoms with Crippen LogP contribution in [0.1, 0.15) is 0 Å². The second-order valence-electron chi connectivity index (χ2n) is 3.86. The van der Waals surface area contributed by atoms with E-state index in [1.807, 2.05) is 0 Å². The van der Waals surface area contributed by atoms with Crippen molar-refractivity contribution in [2.75, 3.05) is 11.4 Å². The van der Waals surface area contributed by atoms with Crippen LogP contribution in [-0.2, 0) is 16.1 Å². The first-order valence-corrected chi connectivity index (χ1v) is 5.92. The van der Waals surface area contributed by atoms with Crippen molar-refractivity contribution in [2.24, 2.45) is 0 Å². The molecule has 104 valence electrons. The van der Waals surface area contributed by atoms with Gasteiger partial charge in [-0.15, -0.1) is 5.10 Å². The Bertz CT molecular complexity index is 616. The third-order valence-corrected chi connectivity index (χ3v) is 2.64. The molecule has 0 atom stereocenters. The summed E-state index contributed by atoms with van der Waals surface area (Å²) < 4.78 is 1.21. The van der Waals surface area contributed by atoms with Crippen molar-refractivity contribution in [1.29, 1.82) is 0 Å². The molecule has 1 heterocycles. The predicted octanol–water partition coefficient (Wildman–Crippen LogP) is 0.444. The van der Waals surface area contributed by atoms with E-state index in [1.165, 1.54) is 17.1 Å². The normalized spacial score (nSPS) is 10.2. The van der Waals surface area contributed by atoms with E-state index in [9.17, 15) is 9.59 Å². The molecule has 0 aliphatic carbocycles. The number of hydrogen-bond acceptors (Lipinski definition) is 5. The van der Waals surface area contributed by atoms with Crippen LogP contribution in [0.5, 0.6) is 0 Å². The van der Waals surface area contributed by atoms with Crippen LogP contribution in [0.2, 0.25) is 5.02 Å². The zero-order chi connectivity index (χ0) is 14.5. The molecule has 0 aliphatic heterocycles. The average molecular weight is 296 g/mol. The SMILES string of the molecule is O=C(O)CN(C(=O)Cn1cnnn1)c1cccc(Cl)c1. The van der Waals surface area contributed by atoms with Crippen LogP contribution in [0, 0.1) is 0 Å². The van der Waals surface area contributed by atoms with Gasteiger partial charge in [-0.05, 0) is 28.6 Å². The minimum Gasteiger partial charge on any atom is -0.480 e. The van der Waals surface area contributed by atoms with Crippen LogP contribution < -0.4 is 4.90 Å². The Hall–Kier alpha value is -2.48. The van der Waals surface area contributed by atoms with Gasteiger partial charge in [0.25, 0.3) is 0 Å². The fourth-order valence-corrected chi connectivity index (χ4v) is 1.76. The second kappa shape index (κ2) is 6.11. The van der Waals surface area contributed by atoms with Crippen molar-refractivity contribution in [3.05, 3.63) is 35.6 Å². The van der Waals surface area contributed by atoms with Gasteiger partial charge in [0.1, 0.15) is 19.4 Å². The number of halogens is 1. The van der Waals surface area contributed by atoms with Gasteiger partial charge in [-0.25, -0.2) is 4.68 Å². The quantitative estimate of drug-likeness (QED) is 0.859. The topological polar surface area (TPSA) is 101 Å². The minimum atomic E-state index is -1.13. The van der Waals surface area contributed by atoms with E-state index in [1.54, 1.807) is 18.2 Å². The van der Waals surface area contributed by atoms with Crippen molar-refractivity contribution in [1.82, 2.24) is 20.2 Å². The number of carboxylic acids is 1. The number of carbonyl (C=O) groups is 2. The lowest BCUT2D eigenvalue weighted by molar-refractivity contribution is -0.136. The maximum Gasteiger partial charge on any atom is 0.323 e. The minimum absolute atomic E-state index is 0.160. The monoisotopic (exact) mass is 295 g/mol. The van der Waals surface area contributed by atoms with E-state index in [0.29, 0.717) is 10.7 Å². The summed E-state index contributed by atoms with van der Waals surface area (Å²) in [5.74, 6) is -1.59.